The number of pyridine rings is 1. The smallest absolute Gasteiger partial charge is 0.233 e. The number of anilines is 1. The zero-order valence-electron chi connectivity index (χ0n) is 11.9. The molecule has 1 fully saturated rings. The van der Waals surface area contributed by atoms with Crippen molar-refractivity contribution in [2.75, 3.05) is 25.0 Å². The second kappa shape index (κ2) is 6.15. The van der Waals surface area contributed by atoms with Gasteiger partial charge in [-0.1, -0.05) is 13.3 Å². The molecule has 0 atom stereocenters. The molecule has 19 heavy (non-hydrogen) atoms. The van der Waals surface area contributed by atoms with Crippen LogP contribution in [-0.4, -0.2) is 31.0 Å². The number of nitrogens with zero attached hydrogens (tertiary/aromatic N) is 2. The molecule has 0 aromatic carbocycles. The summed E-state index contributed by atoms with van der Waals surface area (Å²) in [7, 11) is 1.87. The fourth-order valence-electron chi connectivity index (χ4n) is 3.00. The third-order valence-electron chi connectivity index (χ3n) is 4.10. The van der Waals surface area contributed by atoms with Crippen molar-refractivity contribution in [1.29, 1.82) is 0 Å². The summed E-state index contributed by atoms with van der Waals surface area (Å²) >= 11 is 0. The standard InChI is InChI=1S/C15H23N3O/c1-3-6-15(7-11-17-12-8-15)14(19)18(2)13-4-9-16-10-5-13/h4-5,9-10,17H,3,6-8,11-12H2,1-2H3. The van der Waals surface area contributed by atoms with Crippen LogP contribution in [0.15, 0.2) is 24.5 Å². The molecule has 2 rings (SSSR count). The molecule has 104 valence electrons. The number of hydrogen-bond acceptors (Lipinski definition) is 3. The minimum Gasteiger partial charge on any atom is -0.317 e. The molecule has 0 spiro atoms. The molecule has 1 N–H and O–H groups in total. The molecule has 4 nitrogen and oxygen atoms in total. The highest BCUT2D eigenvalue weighted by Crippen LogP contribution is 2.36. The average Bonchev–Trinajstić information content (AvgIpc) is 2.48. The van der Waals surface area contributed by atoms with Gasteiger partial charge < -0.3 is 10.2 Å². The summed E-state index contributed by atoms with van der Waals surface area (Å²) in [4.78, 5) is 18.7. The number of amides is 1. The van der Waals surface area contributed by atoms with Gasteiger partial charge in [0.1, 0.15) is 0 Å². The highest BCUT2D eigenvalue weighted by atomic mass is 16.2. The summed E-state index contributed by atoms with van der Waals surface area (Å²) in [6.07, 6.45) is 7.37. The van der Waals surface area contributed by atoms with Crippen molar-refractivity contribution in [1.82, 2.24) is 10.3 Å². The normalized spacial score (nSPS) is 18.0. The van der Waals surface area contributed by atoms with E-state index in [0.29, 0.717) is 0 Å². The second-order valence-electron chi connectivity index (χ2n) is 5.35. The highest BCUT2D eigenvalue weighted by molar-refractivity contribution is 5.97. The topological polar surface area (TPSA) is 45.2 Å². The lowest BCUT2D eigenvalue weighted by Crippen LogP contribution is -2.48. The minimum absolute atomic E-state index is 0.183. The van der Waals surface area contributed by atoms with Gasteiger partial charge in [-0.15, -0.1) is 0 Å². The van der Waals surface area contributed by atoms with Crippen molar-refractivity contribution in [2.45, 2.75) is 32.6 Å². The zero-order chi connectivity index (χ0) is 13.7. The molecule has 1 amide bonds. The fourth-order valence-corrected chi connectivity index (χ4v) is 3.00. The Morgan fingerprint density at radius 3 is 2.58 bits per heavy atom. The van der Waals surface area contributed by atoms with E-state index in [2.05, 4.69) is 17.2 Å². The molecule has 1 aliphatic heterocycles. The lowest BCUT2D eigenvalue weighted by atomic mass is 9.74. The quantitative estimate of drug-likeness (QED) is 0.904. The Kier molecular flexibility index (Phi) is 4.53. The van der Waals surface area contributed by atoms with Crippen molar-refractivity contribution in [3.63, 3.8) is 0 Å². The predicted octanol–water partition coefficient (Wildman–Crippen LogP) is 2.21. The summed E-state index contributed by atoms with van der Waals surface area (Å²) in [5.74, 6) is 0.252. The molecule has 1 aromatic heterocycles. The molecular formula is C15H23N3O. The summed E-state index contributed by atoms with van der Waals surface area (Å²) in [5, 5.41) is 3.35. The van der Waals surface area contributed by atoms with Gasteiger partial charge >= 0.3 is 0 Å². The van der Waals surface area contributed by atoms with Gasteiger partial charge in [0.15, 0.2) is 0 Å². The first kappa shape index (κ1) is 14.0. The lowest BCUT2D eigenvalue weighted by molar-refractivity contribution is -0.130. The first-order valence-corrected chi connectivity index (χ1v) is 7.08. The second-order valence-corrected chi connectivity index (χ2v) is 5.35. The summed E-state index contributed by atoms with van der Waals surface area (Å²) < 4.78 is 0. The predicted molar refractivity (Wildman–Crippen MR) is 77.1 cm³/mol. The molecule has 0 saturated carbocycles. The van der Waals surface area contributed by atoms with Gasteiger partial charge in [-0.05, 0) is 44.5 Å². The van der Waals surface area contributed by atoms with Crippen LogP contribution in [0.25, 0.3) is 0 Å². The number of piperidine rings is 1. The molecule has 0 radical (unpaired) electrons. The van der Waals surface area contributed by atoms with Crippen molar-refractivity contribution in [2.24, 2.45) is 5.41 Å². The lowest BCUT2D eigenvalue weighted by Gasteiger charge is -2.39. The maximum atomic E-state index is 12.9. The third kappa shape index (κ3) is 2.95. The molecule has 1 aromatic rings. The third-order valence-corrected chi connectivity index (χ3v) is 4.10. The van der Waals surface area contributed by atoms with Crippen LogP contribution in [0.3, 0.4) is 0 Å². The highest BCUT2D eigenvalue weighted by Gasteiger charge is 2.40. The SMILES string of the molecule is CCCC1(C(=O)N(C)c2ccncc2)CCNCC1. The Morgan fingerprint density at radius 2 is 2.00 bits per heavy atom. The van der Waals surface area contributed by atoms with Crippen LogP contribution in [0.1, 0.15) is 32.6 Å². The van der Waals surface area contributed by atoms with Crippen molar-refractivity contribution in [3.05, 3.63) is 24.5 Å². The van der Waals surface area contributed by atoms with Crippen LogP contribution in [0.4, 0.5) is 5.69 Å². The largest absolute Gasteiger partial charge is 0.317 e. The van der Waals surface area contributed by atoms with Gasteiger partial charge in [-0.2, -0.15) is 0 Å². The number of carbonyl (C=O) groups is 1. The van der Waals surface area contributed by atoms with E-state index in [-0.39, 0.29) is 11.3 Å². The first-order chi connectivity index (χ1) is 9.19. The monoisotopic (exact) mass is 261 g/mol. The number of hydrogen-bond donors (Lipinski definition) is 1. The molecule has 1 saturated heterocycles. The van der Waals surface area contributed by atoms with Crippen LogP contribution in [0, 0.1) is 5.41 Å². The van der Waals surface area contributed by atoms with Crippen LogP contribution in [0.5, 0.6) is 0 Å². The van der Waals surface area contributed by atoms with Gasteiger partial charge in [0.05, 0.1) is 5.41 Å². The molecule has 0 unspecified atom stereocenters. The Hall–Kier alpha value is -1.42. The van der Waals surface area contributed by atoms with Crippen LogP contribution >= 0.6 is 0 Å². The van der Waals surface area contributed by atoms with E-state index < -0.39 is 0 Å². The maximum absolute atomic E-state index is 12.9. The van der Waals surface area contributed by atoms with Gasteiger partial charge in [0.2, 0.25) is 5.91 Å². The number of rotatable bonds is 4. The van der Waals surface area contributed by atoms with E-state index in [1.807, 2.05) is 19.2 Å². The minimum atomic E-state index is -0.183. The molecule has 0 bridgehead atoms. The summed E-state index contributed by atoms with van der Waals surface area (Å²) in [6, 6.07) is 3.78. The zero-order valence-corrected chi connectivity index (χ0v) is 11.9. The van der Waals surface area contributed by atoms with E-state index in [1.54, 1.807) is 17.3 Å². The molecule has 1 aliphatic rings. The van der Waals surface area contributed by atoms with Crippen molar-refractivity contribution in [3.8, 4) is 0 Å². The summed E-state index contributed by atoms with van der Waals surface area (Å²) in [6.45, 7) is 4.04. The Morgan fingerprint density at radius 1 is 1.37 bits per heavy atom. The van der Waals surface area contributed by atoms with Gasteiger partial charge in [0.25, 0.3) is 0 Å². The van der Waals surface area contributed by atoms with Gasteiger partial charge in [0, 0.05) is 25.1 Å². The molecule has 4 heteroatoms. The average molecular weight is 261 g/mol. The van der Waals surface area contributed by atoms with Gasteiger partial charge in [-0.3, -0.25) is 9.78 Å². The Labute approximate surface area is 115 Å². The Bertz CT molecular complexity index is 407. The van der Waals surface area contributed by atoms with E-state index in [9.17, 15) is 4.79 Å². The first-order valence-electron chi connectivity index (χ1n) is 7.08. The number of carbonyl (C=O) groups excluding carboxylic acids is 1. The number of nitrogens with one attached hydrogen (secondary N) is 1. The summed E-state index contributed by atoms with van der Waals surface area (Å²) in [5.41, 5.74) is 0.742. The number of aromatic nitrogens is 1. The molecule has 2 heterocycles. The van der Waals surface area contributed by atoms with E-state index >= 15 is 0 Å². The maximum Gasteiger partial charge on any atom is 0.233 e. The van der Waals surface area contributed by atoms with Crippen molar-refractivity contribution < 1.29 is 4.79 Å². The van der Waals surface area contributed by atoms with Crippen LogP contribution in [0.2, 0.25) is 0 Å². The Balaban J connectivity index is 2.19. The van der Waals surface area contributed by atoms with E-state index in [4.69, 9.17) is 0 Å². The van der Waals surface area contributed by atoms with Crippen LogP contribution < -0.4 is 10.2 Å². The fraction of sp³-hybridized carbons (Fsp3) is 0.600. The molecular weight excluding hydrogens is 238 g/mol. The van der Waals surface area contributed by atoms with Crippen LogP contribution in [-0.2, 0) is 4.79 Å². The molecule has 0 aliphatic carbocycles. The van der Waals surface area contributed by atoms with E-state index in [0.717, 1.165) is 44.5 Å². The van der Waals surface area contributed by atoms with Gasteiger partial charge in [-0.25, -0.2) is 0 Å². The van der Waals surface area contributed by atoms with Crippen molar-refractivity contribution >= 4 is 11.6 Å². The van der Waals surface area contributed by atoms with E-state index in [1.165, 1.54) is 0 Å².